The van der Waals surface area contributed by atoms with E-state index in [1.165, 1.54) is 49.9 Å². The molecule has 1 aromatic rings. The maximum absolute atomic E-state index is 5.70. The van der Waals surface area contributed by atoms with Crippen LogP contribution in [0.2, 0.25) is 0 Å². The highest BCUT2D eigenvalue weighted by Gasteiger charge is 2.20. The van der Waals surface area contributed by atoms with Crippen molar-refractivity contribution in [2.24, 2.45) is 4.99 Å². The molecule has 2 aliphatic rings. The van der Waals surface area contributed by atoms with Crippen molar-refractivity contribution < 1.29 is 4.74 Å². The van der Waals surface area contributed by atoms with Crippen molar-refractivity contribution in [1.82, 2.24) is 20.4 Å². The number of nitrogens with one attached hydrogen (secondary N) is 2. The standard InChI is InChI=1S/C26H45N5O/c1-22(2)32-19-18-30-16-12-25(13-17-30)29-26(27-3)28-20-23-10-6-7-11-24(23)21-31-14-8-4-5-9-15-31/h6-7,10-11,22,25H,4-5,8-9,12-21H2,1-3H3,(H2,27,28,29). The minimum atomic E-state index is 0.318. The van der Waals surface area contributed by atoms with Crippen molar-refractivity contribution in [2.75, 3.05) is 46.4 Å². The molecule has 0 bridgehead atoms. The fraction of sp³-hybridized carbons (Fsp3) is 0.731. The van der Waals surface area contributed by atoms with Gasteiger partial charge in [0, 0.05) is 45.8 Å². The van der Waals surface area contributed by atoms with E-state index < -0.39 is 0 Å². The fourth-order valence-electron chi connectivity index (χ4n) is 4.70. The predicted octanol–water partition coefficient (Wildman–Crippen LogP) is 3.62. The van der Waals surface area contributed by atoms with Gasteiger partial charge in [0.2, 0.25) is 0 Å². The summed E-state index contributed by atoms with van der Waals surface area (Å²) in [4.78, 5) is 9.63. The van der Waals surface area contributed by atoms with Gasteiger partial charge < -0.3 is 20.3 Å². The second kappa shape index (κ2) is 13.8. The van der Waals surface area contributed by atoms with Crippen LogP contribution in [0, 0.1) is 0 Å². The topological polar surface area (TPSA) is 52.1 Å². The summed E-state index contributed by atoms with van der Waals surface area (Å²) in [5.41, 5.74) is 2.81. The average Bonchev–Trinajstić information content (AvgIpc) is 3.07. The van der Waals surface area contributed by atoms with Gasteiger partial charge in [-0.05, 0) is 63.7 Å². The molecule has 6 nitrogen and oxygen atoms in total. The Balaban J connectivity index is 1.43. The number of aliphatic imine (C=N–C) groups is 1. The van der Waals surface area contributed by atoms with Gasteiger partial charge >= 0.3 is 0 Å². The number of guanidine groups is 1. The first kappa shape index (κ1) is 25.0. The van der Waals surface area contributed by atoms with Crippen molar-refractivity contribution in [3.8, 4) is 0 Å². The van der Waals surface area contributed by atoms with E-state index in [1.807, 2.05) is 7.05 Å². The lowest BCUT2D eigenvalue weighted by Gasteiger charge is -2.33. The lowest BCUT2D eigenvalue weighted by molar-refractivity contribution is 0.0532. The molecular weight excluding hydrogens is 398 g/mol. The zero-order valence-corrected chi connectivity index (χ0v) is 20.6. The Labute approximate surface area is 195 Å². The fourth-order valence-corrected chi connectivity index (χ4v) is 4.70. The highest BCUT2D eigenvalue weighted by Crippen LogP contribution is 2.16. The number of hydrogen-bond acceptors (Lipinski definition) is 4. The number of rotatable bonds is 9. The van der Waals surface area contributed by atoms with Gasteiger partial charge in [-0.25, -0.2) is 0 Å². The lowest BCUT2D eigenvalue weighted by Crippen LogP contribution is -2.49. The second-order valence-electron chi connectivity index (χ2n) is 9.56. The molecule has 0 unspecified atom stereocenters. The van der Waals surface area contributed by atoms with Crippen molar-refractivity contribution in [1.29, 1.82) is 0 Å². The van der Waals surface area contributed by atoms with E-state index in [4.69, 9.17) is 4.74 Å². The molecule has 2 aliphatic heterocycles. The number of nitrogens with zero attached hydrogens (tertiary/aromatic N) is 3. The van der Waals surface area contributed by atoms with Crippen LogP contribution in [0.1, 0.15) is 63.5 Å². The van der Waals surface area contributed by atoms with E-state index in [2.05, 4.69) is 63.5 Å². The van der Waals surface area contributed by atoms with E-state index in [0.717, 1.165) is 58.1 Å². The molecule has 0 amide bonds. The largest absolute Gasteiger partial charge is 0.377 e. The first-order valence-electron chi connectivity index (χ1n) is 12.7. The number of benzene rings is 1. The molecule has 0 spiro atoms. The Kier molecular flexibility index (Phi) is 10.8. The van der Waals surface area contributed by atoms with Crippen LogP contribution in [0.4, 0.5) is 0 Å². The van der Waals surface area contributed by atoms with Gasteiger partial charge in [0.15, 0.2) is 5.96 Å². The minimum Gasteiger partial charge on any atom is -0.377 e. The van der Waals surface area contributed by atoms with E-state index in [0.29, 0.717) is 12.1 Å². The maximum atomic E-state index is 5.70. The normalized spacial score (nSPS) is 19.8. The molecule has 0 aliphatic carbocycles. The quantitative estimate of drug-likeness (QED) is 0.451. The number of likely N-dealkylation sites (tertiary alicyclic amines) is 2. The van der Waals surface area contributed by atoms with Crippen LogP contribution in [0.15, 0.2) is 29.3 Å². The smallest absolute Gasteiger partial charge is 0.191 e. The van der Waals surface area contributed by atoms with Gasteiger partial charge in [-0.3, -0.25) is 9.89 Å². The van der Waals surface area contributed by atoms with Crippen molar-refractivity contribution in [2.45, 2.75) is 77.6 Å². The van der Waals surface area contributed by atoms with Crippen LogP contribution in [-0.4, -0.2) is 74.3 Å². The summed E-state index contributed by atoms with van der Waals surface area (Å²) in [5.74, 6) is 0.913. The summed E-state index contributed by atoms with van der Waals surface area (Å²) in [6, 6.07) is 9.35. The first-order valence-corrected chi connectivity index (χ1v) is 12.7. The lowest BCUT2D eigenvalue weighted by atomic mass is 10.1. The zero-order valence-electron chi connectivity index (χ0n) is 20.6. The second-order valence-corrected chi connectivity index (χ2v) is 9.56. The van der Waals surface area contributed by atoms with Gasteiger partial charge in [-0.2, -0.15) is 0 Å². The van der Waals surface area contributed by atoms with E-state index in [1.54, 1.807) is 0 Å². The third-order valence-electron chi connectivity index (χ3n) is 6.67. The van der Waals surface area contributed by atoms with Crippen molar-refractivity contribution >= 4 is 5.96 Å². The van der Waals surface area contributed by atoms with Crippen molar-refractivity contribution in [3.05, 3.63) is 35.4 Å². The van der Waals surface area contributed by atoms with Gasteiger partial charge in [-0.15, -0.1) is 0 Å². The molecule has 6 heteroatoms. The van der Waals surface area contributed by atoms with Crippen LogP contribution in [0.3, 0.4) is 0 Å². The van der Waals surface area contributed by atoms with Crippen LogP contribution >= 0.6 is 0 Å². The molecular formula is C26H45N5O. The number of hydrogen-bond donors (Lipinski definition) is 2. The molecule has 2 heterocycles. The number of ether oxygens (including phenoxy) is 1. The molecule has 180 valence electrons. The highest BCUT2D eigenvalue weighted by molar-refractivity contribution is 5.80. The van der Waals surface area contributed by atoms with E-state index in [9.17, 15) is 0 Å². The predicted molar refractivity (Wildman–Crippen MR) is 134 cm³/mol. The van der Waals surface area contributed by atoms with Crippen LogP contribution < -0.4 is 10.6 Å². The average molecular weight is 444 g/mol. The van der Waals surface area contributed by atoms with Crippen LogP contribution in [-0.2, 0) is 17.8 Å². The Bertz CT molecular complexity index is 677. The summed E-state index contributed by atoms with van der Waals surface area (Å²) in [7, 11) is 1.87. The Morgan fingerprint density at radius 3 is 2.34 bits per heavy atom. The molecule has 32 heavy (non-hydrogen) atoms. The molecule has 2 N–H and O–H groups in total. The van der Waals surface area contributed by atoms with Gasteiger partial charge in [0.05, 0.1) is 12.7 Å². The van der Waals surface area contributed by atoms with Crippen molar-refractivity contribution in [3.63, 3.8) is 0 Å². The molecule has 3 rings (SSSR count). The zero-order chi connectivity index (χ0) is 22.6. The van der Waals surface area contributed by atoms with E-state index >= 15 is 0 Å². The third-order valence-corrected chi connectivity index (χ3v) is 6.67. The SMILES string of the molecule is CN=C(NCc1ccccc1CN1CCCCCC1)NC1CCN(CCOC(C)C)CC1. The highest BCUT2D eigenvalue weighted by atomic mass is 16.5. The van der Waals surface area contributed by atoms with Gasteiger partial charge in [0.25, 0.3) is 0 Å². The van der Waals surface area contributed by atoms with Crippen LogP contribution in [0.25, 0.3) is 0 Å². The monoisotopic (exact) mass is 443 g/mol. The number of piperidine rings is 1. The van der Waals surface area contributed by atoms with Crippen LogP contribution in [0.5, 0.6) is 0 Å². The third kappa shape index (κ3) is 8.72. The van der Waals surface area contributed by atoms with Gasteiger partial charge in [-0.1, -0.05) is 37.1 Å². The Morgan fingerprint density at radius 1 is 1.00 bits per heavy atom. The summed E-state index contributed by atoms with van der Waals surface area (Å²) in [6.45, 7) is 12.6. The first-order chi connectivity index (χ1) is 15.6. The summed E-state index contributed by atoms with van der Waals surface area (Å²) >= 11 is 0. The molecule has 0 saturated carbocycles. The Morgan fingerprint density at radius 2 is 1.69 bits per heavy atom. The molecule has 0 radical (unpaired) electrons. The Hall–Kier alpha value is -1.63. The molecule has 0 aromatic heterocycles. The summed E-state index contributed by atoms with van der Waals surface area (Å²) in [5, 5.41) is 7.22. The molecule has 2 fully saturated rings. The molecule has 0 atom stereocenters. The minimum absolute atomic E-state index is 0.318. The maximum Gasteiger partial charge on any atom is 0.191 e. The van der Waals surface area contributed by atoms with E-state index in [-0.39, 0.29) is 0 Å². The molecule has 2 saturated heterocycles. The summed E-state index contributed by atoms with van der Waals surface area (Å²) in [6.07, 6.45) is 8.04. The summed E-state index contributed by atoms with van der Waals surface area (Å²) < 4.78 is 5.70. The van der Waals surface area contributed by atoms with Gasteiger partial charge in [0.1, 0.15) is 0 Å². The molecule has 1 aromatic carbocycles.